The van der Waals surface area contributed by atoms with Crippen molar-refractivity contribution < 1.29 is 9.53 Å². The van der Waals surface area contributed by atoms with Crippen molar-refractivity contribution in [1.29, 1.82) is 0 Å². The van der Waals surface area contributed by atoms with Crippen LogP contribution in [0.5, 0.6) is 5.75 Å². The number of nitrogens with one attached hydrogen (secondary N) is 1. The van der Waals surface area contributed by atoms with Gasteiger partial charge in [-0.2, -0.15) is 0 Å². The molecule has 5 heteroatoms. The topological polar surface area (TPSA) is 64.3 Å². The lowest BCUT2D eigenvalue weighted by Crippen LogP contribution is -2.37. The van der Waals surface area contributed by atoms with E-state index in [9.17, 15) is 4.79 Å². The van der Waals surface area contributed by atoms with E-state index in [1.165, 1.54) is 0 Å². The van der Waals surface area contributed by atoms with Crippen LogP contribution in [0.25, 0.3) is 0 Å². The minimum Gasteiger partial charge on any atom is -0.495 e. The second-order valence-corrected chi connectivity index (χ2v) is 6.07. The fourth-order valence-corrected chi connectivity index (χ4v) is 3.45. The zero-order valence-corrected chi connectivity index (χ0v) is 14.6. The van der Waals surface area contributed by atoms with Crippen molar-refractivity contribution in [2.75, 3.05) is 18.2 Å². The number of ether oxygens (including phenoxy) is 1. The summed E-state index contributed by atoms with van der Waals surface area (Å²) in [6.45, 7) is 0. The molecule has 0 saturated heterocycles. The van der Waals surface area contributed by atoms with Crippen LogP contribution in [-0.4, -0.2) is 13.0 Å². The van der Waals surface area contributed by atoms with Crippen LogP contribution in [0.3, 0.4) is 0 Å². The summed E-state index contributed by atoms with van der Waals surface area (Å²) in [4.78, 5) is 13.0. The maximum atomic E-state index is 13.0. The minimum absolute atomic E-state index is 0. The largest absolute Gasteiger partial charge is 0.495 e. The lowest BCUT2D eigenvalue weighted by atomic mass is 9.78. The lowest BCUT2D eigenvalue weighted by molar-refractivity contribution is -0.121. The van der Waals surface area contributed by atoms with E-state index < -0.39 is 5.41 Å². The fraction of sp³-hybridized carbons (Fsp3) is 0.316. The maximum Gasteiger partial charge on any atom is 0.235 e. The third-order valence-electron chi connectivity index (χ3n) is 4.71. The van der Waals surface area contributed by atoms with E-state index >= 15 is 0 Å². The fourth-order valence-electron chi connectivity index (χ4n) is 3.45. The van der Waals surface area contributed by atoms with E-state index in [1.54, 1.807) is 19.2 Å². The number of nitrogen functional groups attached to an aromatic ring is 1. The molecule has 2 aromatic rings. The molecule has 24 heavy (non-hydrogen) atoms. The van der Waals surface area contributed by atoms with E-state index in [0.29, 0.717) is 17.1 Å². The summed E-state index contributed by atoms with van der Waals surface area (Å²) in [6.07, 6.45) is 3.92. The molecule has 0 heterocycles. The van der Waals surface area contributed by atoms with E-state index in [-0.39, 0.29) is 18.3 Å². The molecule has 1 saturated carbocycles. The molecule has 2 aromatic carbocycles. The Morgan fingerprint density at radius 2 is 1.79 bits per heavy atom. The second-order valence-electron chi connectivity index (χ2n) is 6.07. The predicted molar refractivity (Wildman–Crippen MR) is 99.9 cm³/mol. The molecule has 1 aliphatic carbocycles. The number of carbonyl (C=O) groups excluding carboxylic acids is 1. The molecule has 128 valence electrons. The number of hydrogen-bond donors (Lipinski definition) is 2. The Morgan fingerprint density at radius 1 is 1.12 bits per heavy atom. The first-order valence-corrected chi connectivity index (χ1v) is 7.96. The van der Waals surface area contributed by atoms with Crippen molar-refractivity contribution in [3.63, 3.8) is 0 Å². The van der Waals surface area contributed by atoms with Crippen LogP contribution in [0.2, 0.25) is 0 Å². The van der Waals surface area contributed by atoms with Gasteiger partial charge in [-0.25, -0.2) is 0 Å². The van der Waals surface area contributed by atoms with Gasteiger partial charge < -0.3 is 15.8 Å². The van der Waals surface area contributed by atoms with Gasteiger partial charge in [-0.05, 0) is 36.6 Å². The Kier molecular flexibility index (Phi) is 5.73. The monoisotopic (exact) mass is 346 g/mol. The molecule has 1 amide bonds. The van der Waals surface area contributed by atoms with E-state index in [2.05, 4.69) is 5.32 Å². The van der Waals surface area contributed by atoms with Gasteiger partial charge in [0.05, 0.1) is 18.2 Å². The lowest BCUT2D eigenvalue weighted by Gasteiger charge is -2.28. The average molecular weight is 347 g/mol. The highest BCUT2D eigenvalue weighted by Gasteiger charge is 2.42. The third kappa shape index (κ3) is 3.34. The van der Waals surface area contributed by atoms with Gasteiger partial charge in [0, 0.05) is 5.69 Å². The highest BCUT2D eigenvalue weighted by molar-refractivity contribution is 5.99. The molecule has 4 nitrogen and oxygen atoms in total. The Bertz CT molecular complexity index is 698. The zero-order valence-electron chi connectivity index (χ0n) is 13.7. The first kappa shape index (κ1) is 18.1. The highest BCUT2D eigenvalue weighted by Crippen LogP contribution is 2.42. The summed E-state index contributed by atoms with van der Waals surface area (Å²) in [7, 11) is 1.58. The van der Waals surface area contributed by atoms with Crippen molar-refractivity contribution >= 4 is 29.7 Å². The van der Waals surface area contributed by atoms with Gasteiger partial charge in [0.1, 0.15) is 5.75 Å². The third-order valence-corrected chi connectivity index (χ3v) is 4.71. The summed E-state index contributed by atoms with van der Waals surface area (Å²) < 4.78 is 5.16. The number of benzene rings is 2. The Morgan fingerprint density at radius 3 is 2.38 bits per heavy atom. The van der Waals surface area contributed by atoms with Gasteiger partial charge in [0.2, 0.25) is 5.91 Å². The molecule has 0 spiro atoms. The number of halogens is 1. The first-order chi connectivity index (χ1) is 11.2. The number of nitrogens with two attached hydrogens (primary N) is 1. The standard InChI is InChI=1S/C19H22N2O2.ClH/c1-23-17-10-9-15(13-16(17)20)21-18(22)19(11-5-6-12-19)14-7-3-2-4-8-14;/h2-4,7-10,13H,5-6,11-12,20H2,1H3,(H,21,22);1H. The van der Waals surface area contributed by atoms with Crippen LogP contribution in [0.4, 0.5) is 11.4 Å². The van der Waals surface area contributed by atoms with Crippen LogP contribution in [-0.2, 0) is 10.2 Å². The van der Waals surface area contributed by atoms with Crippen LogP contribution >= 0.6 is 12.4 Å². The maximum absolute atomic E-state index is 13.0. The predicted octanol–water partition coefficient (Wildman–Crippen LogP) is 4.15. The Balaban J connectivity index is 0.00000208. The molecular formula is C19H23ClN2O2. The van der Waals surface area contributed by atoms with Crippen molar-refractivity contribution in [3.05, 3.63) is 54.1 Å². The summed E-state index contributed by atoms with van der Waals surface area (Å²) >= 11 is 0. The van der Waals surface area contributed by atoms with E-state index in [1.807, 2.05) is 36.4 Å². The van der Waals surface area contributed by atoms with Gasteiger partial charge in [-0.15, -0.1) is 12.4 Å². The van der Waals surface area contributed by atoms with Gasteiger partial charge in [-0.1, -0.05) is 43.2 Å². The highest BCUT2D eigenvalue weighted by atomic mass is 35.5. The molecule has 0 aliphatic heterocycles. The zero-order chi connectivity index (χ0) is 16.3. The first-order valence-electron chi connectivity index (χ1n) is 7.96. The summed E-state index contributed by atoms with van der Waals surface area (Å²) in [5.74, 6) is 0.660. The quantitative estimate of drug-likeness (QED) is 0.817. The smallest absolute Gasteiger partial charge is 0.235 e. The number of methoxy groups -OCH3 is 1. The van der Waals surface area contributed by atoms with Gasteiger partial charge >= 0.3 is 0 Å². The molecule has 0 radical (unpaired) electrons. The molecule has 1 fully saturated rings. The van der Waals surface area contributed by atoms with Crippen LogP contribution < -0.4 is 15.8 Å². The molecule has 0 atom stereocenters. The van der Waals surface area contributed by atoms with Crippen LogP contribution in [0, 0.1) is 0 Å². The Hall–Kier alpha value is -2.20. The molecule has 3 rings (SSSR count). The number of amides is 1. The van der Waals surface area contributed by atoms with Crippen molar-refractivity contribution in [2.24, 2.45) is 0 Å². The normalized spacial score (nSPS) is 15.4. The number of carbonyl (C=O) groups is 1. The minimum atomic E-state index is -0.435. The number of hydrogen-bond acceptors (Lipinski definition) is 3. The van der Waals surface area contributed by atoms with Crippen LogP contribution in [0.1, 0.15) is 31.2 Å². The average Bonchev–Trinajstić information content (AvgIpc) is 3.07. The number of anilines is 2. The molecule has 1 aliphatic rings. The van der Waals surface area contributed by atoms with Crippen molar-refractivity contribution in [1.82, 2.24) is 0 Å². The van der Waals surface area contributed by atoms with Gasteiger partial charge in [-0.3, -0.25) is 4.79 Å². The molecule has 0 bridgehead atoms. The molecule has 3 N–H and O–H groups in total. The van der Waals surface area contributed by atoms with E-state index in [4.69, 9.17) is 10.5 Å². The van der Waals surface area contributed by atoms with Crippen LogP contribution in [0.15, 0.2) is 48.5 Å². The number of rotatable bonds is 4. The SMILES string of the molecule is COc1ccc(NC(=O)C2(c3ccccc3)CCCC2)cc1N.Cl. The van der Waals surface area contributed by atoms with Crippen molar-refractivity contribution in [2.45, 2.75) is 31.1 Å². The van der Waals surface area contributed by atoms with Crippen molar-refractivity contribution in [3.8, 4) is 5.75 Å². The molecular weight excluding hydrogens is 324 g/mol. The Labute approximate surface area is 148 Å². The summed E-state index contributed by atoms with van der Waals surface area (Å²) in [5.41, 5.74) is 7.81. The summed E-state index contributed by atoms with van der Waals surface area (Å²) in [5, 5.41) is 3.04. The van der Waals surface area contributed by atoms with Gasteiger partial charge in [0.25, 0.3) is 0 Å². The summed E-state index contributed by atoms with van der Waals surface area (Å²) in [6, 6.07) is 15.4. The van der Waals surface area contributed by atoms with Gasteiger partial charge in [0.15, 0.2) is 0 Å². The second kappa shape index (κ2) is 7.58. The van der Waals surface area contributed by atoms with E-state index in [0.717, 1.165) is 31.2 Å². The molecule has 0 aromatic heterocycles. The molecule has 0 unspecified atom stereocenters.